The third-order valence-corrected chi connectivity index (χ3v) is 7.76. The van der Waals surface area contributed by atoms with Gasteiger partial charge in [-0.1, -0.05) is 106 Å². The van der Waals surface area contributed by atoms with Gasteiger partial charge in [0.1, 0.15) is 11.5 Å². The summed E-state index contributed by atoms with van der Waals surface area (Å²) in [5, 5.41) is 2.30. The second-order valence-electron chi connectivity index (χ2n) is 8.53. The zero-order chi connectivity index (χ0) is 23.2. The van der Waals surface area contributed by atoms with Crippen LogP contribution in [0.1, 0.15) is 42.0 Å². The van der Waals surface area contributed by atoms with E-state index in [1.807, 2.05) is 18.2 Å². The molecule has 1 aliphatic rings. The highest BCUT2D eigenvalue weighted by atomic mass is 79.9. The number of ether oxygens (including phenoxy) is 2. The molecule has 2 nitrogen and oxygen atoms in total. The number of halogens is 2. The van der Waals surface area contributed by atoms with E-state index in [4.69, 9.17) is 9.47 Å². The molecule has 1 heterocycles. The van der Waals surface area contributed by atoms with Crippen LogP contribution in [0.2, 0.25) is 0 Å². The maximum absolute atomic E-state index is 7.08. The van der Waals surface area contributed by atoms with Crippen molar-refractivity contribution >= 4 is 48.7 Å². The van der Waals surface area contributed by atoms with Gasteiger partial charge in [-0.25, -0.2) is 0 Å². The highest BCUT2D eigenvalue weighted by molar-refractivity contribution is 9.12. The summed E-state index contributed by atoms with van der Waals surface area (Å²) in [5.74, 6) is 1.94. The summed E-state index contributed by atoms with van der Waals surface area (Å²) in [5.41, 5.74) is 3.47. The molecule has 5 rings (SSSR count). The molecule has 0 aliphatic carbocycles. The molecule has 0 saturated carbocycles. The highest BCUT2D eigenvalue weighted by Crippen LogP contribution is 2.54. The average molecular weight is 564 g/mol. The Labute approximate surface area is 211 Å². The largest absolute Gasteiger partial charge is 0.496 e. The smallest absolute Gasteiger partial charge is 0.194 e. The number of para-hydroxylation sites is 1. The molecule has 0 fully saturated rings. The summed E-state index contributed by atoms with van der Waals surface area (Å²) in [4.78, 5) is 0. The maximum atomic E-state index is 7.08. The Morgan fingerprint density at radius 3 is 2.30 bits per heavy atom. The fourth-order valence-corrected chi connectivity index (χ4v) is 6.12. The van der Waals surface area contributed by atoms with Crippen molar-refractivity contribution in [3.05, 3.63) is 110 Å². The zero-order valence-corrected chi connectivity index (χ0v) is 21.9. The number of methoxy groups -OCH3 is 1. The van der Waals surface area contributed by atoms with Gasteiger partial charge in [-0.3, -0.25) is 0 Å². The second-order valence-corrected chi connectivity index (χ2v) is 10.2. The minimum absolute atomic E-state index is 0.323. The van der Waals surface area contributed by atoms with Gasteiger partial charge < -0.3 is 9.47 Å². The van der Waals surface area contributed by atoms with E-state index in [1.54, 1.807) is 7.11 Å². The van der Waals surface area contributed by atoms with Crippen LogP contribution >= 0.6 is 31.9 Å². The summed E-state index contributed by atoms with van der Waals surface area (Å²) >= 11 is 7.73. The number of hydrogen-bond donors (Lipinski definition) is 0. The van der Waals surface area contributed by atoms with E-state index < -0.39 is 5.60 Å². The van der Waals surface area contributed by atoms with Crippen LogP contribution in [0.4, 0.5) is 0 Å². The molecule has 0 spiro atoms. The van der Waals surface area contributed by atoms with Crippen LogP contribution in [-0.4, -0.2) is 7.11 Å². The van der Waals surface area contributed by atoms with Gasteiger partial charge in [0.2, 0.25) is 0 Å². The normalized spacial score (nSPS) is 17.5. The van der Waals surface area contributed by atoms with Gasteiger partial charge in [0, 0.05) is 31.0 Å². The molecule has 33 heavy (non-hydrogen) atoms. The van der Waals surface area contributed by atoms with E-state index in [0.717, 1.165) is 47.9 Å². The molecule has 0 aromatic heterocycles. The van der Waals surface area contributed by atoms with Crippen molar-refractivity contribution in [2.45, 2.75) is 25.4 Å². The van der Waals surface area contributed by atoms with E-state index in [-0.39, 0.29) is 0 Å². The van der Waals surface area contributed by atoms with Gasteiger partial charge >= 0.3 is 0 Å². The van der Waals surface area contributed by atoms with Crippen LogP contribution < -0.4 is 9.47 Å². The van der Waals surface area contributed by atoms with Crippen molar-refractivity contribution in [2.75, 3.05) is 7.11 Å². The molecule has 0 radical (unpaired) electrons. The van der Waals surface area contributed by atoms with E-state index >= 15 is 0 Å². The van der Waals surface area contributed by atoms with E-state index in [2.05, 4.69) is 112 Å². The Bertz CT molecular complexity index is 1390. The van der Waals surface area contributed by atoms with Crippen molar-refractivity contribution in [2.24, 2.45) is 0 Å². The van der Waals surface area contributed by atoms with Crippen molar-refractivity contribution in [1.29, 1.82) is 0 Å². The number of rotatable bonds is 4. The first-order valence-electron chi connectivity index (χ1n) is 11.0. The first-order chi connectivity index (χ1) is 16.0. The lowest BCUT2D eigenvalue weighted by molar-refractivity contribution is 0.152. The quantitative estimate of drug-likeness (QED) is 0.247. The van der Waals surface area contributed by atoms with Gasteiger partial charge in [-0.2, -0.15) is 0 Å². The Morgan fingerprint density at radius 1 is 0.818 bits per heavy atom. The van der Waals surface area contributed by atoms with Crippen LogP contribution in [0.5, 0.6) is 11.5 Å². The Balaban J connectivity index is 1.87. The molecule has 166 valence electrons. The van der Waals surface area contributed by atoms with Crippen LogP contribution in [0, 0.1) is 0 Å². The average Bonchev–Trinajstić information content (AvgIpc) is 2.83. The fourth-order valence-electron chi connectivity index (χ4n) is 4.79. The summed E-state index contributed by atoms with van der Waals surface area (Å²) < 4.78 is 14.9. The molecule has 4 heteroatoms. The Kier molecular flexibility index (Phi) is 5.84. The zero-order valence-electron chi connectivity index (χ0n) is 18.7. The molecule has 1 aliphatic heterocycles. The second kappa shape index (κ2) is 8.66. The highest BCUT2D eigenvalue weighted by Gasteiger charge is 2.46. The van der Waals surface area contributed by atoms with Crippen molar-refractivity contribution < 1.29 is 9.47 Å². The summed E-state index contributed by atoms with van der Waals surface area (Å²) in [7, 11) is 1.71. The molecule has 4 aromatic rings. The molecular weight excluding hydrogens is 540 g/mol. The summed E-state index contributed by atoms with van der Waals surface area (Å²) in [6.45, 7) is 4.43. The predicted molar refractivity (Wildman–Crippen MR) is 143 cm³/mol. The number of benzene rings is 4. The first-order valence-corrected chi connectivity index (χ1v) is 12.6. The lowest BCUT2D eigenvalue weighted by Gasteiger charge is -2.41. The van der Waals surface area contributed by atoms with Crippen molar-refractivity contribution in [1.82, 2.24) is 0 Å². The Hall–Kier alpha value is -2.56. The molecule has 1 atom stereocenters. The molecule has 0 saturated heterocycles. The van der Waals surface area contributed by atoms with Crippen molar-refractivity contribution in [3.8, 4) is 11.5 Å². The molecule has 0 bridgehead atoms. The number of fused-ring (bicyclic) bond motifs is 3. The lowest BCUT2D eigenvalue weighted by atomic mass is 9.78. The van der Waals surface area contributed by atoms with Crippen LogP contribution in [0.25, 0.3) is 16.8 Å². The van der Waals surface area contributed by atoms with Gasteiger partial charge in [0.15, 0.2) is 5.60 Å². The van der Waals surface area contributed by atoms with Gasteiger partial charge in [0.25, 0.3) is 0 Å². The van der Waals surface area contributed by atoms with Gasteiger partial charge in [-0.15, -0.1) is 0 Å². The molecule has 0 amide bonds. The summed E-state index contributed by atoms with van der Waals surface area (Å²) in [6.07, 6.45) is 2.20. The van der Waals surface area contributed by atoms with E-state index in [0.29, 0.717) is 5.92 Å². The van der Waals surface area contributed by atoms with Crippen LogP contribution in [-0.2, 0) is 5.60 Å². The topological polar surface area (TPSA) is 18.5 Å². The standard InChI is InChI=1S/C29H24Br2O2/c1-18(2)20-10-4-5-11-22(20)29(23-12-6-7-14-26(23)32-3)27(31)17-21-25(33-29)16-15-19-9-8-13-24(30)28(19)21/h4-18H,1-3H3. The SMILES string of the molecule is COc1ccccc1C1(c2ccccc2C(C)C)Oc2ccc3cccc(Br)c3c2C=C1Br. The first kappa shape index (κ1) is 22.2. The molecule has 0 N–H and O–H groups in total. The third kappa shape index (κ3) is 3.51. The minimum Gasteiger partial charge on any atom is -0.496 e. The Morgan fingerprint density at radius 2 is 1.55 bits per heavy atom. The molecular formula is C29H24Br2O2. The summed E-state index contributed by atoms with van der Waals surface area (Å²) in [6, 6.07) is 27.1. The van der Waals surface area contributed by atoms with Crippen LogP contribution in [0.3, 0.4) is 0 Å². The molecule has 1 unspecified atom stereocenters. The number of hydrogen-bond acceptors (Lipinski definition) is 2. The third-order valence-electron chi connectivity index (χ3n) is 6.31. The van der Waals surface area contributed by atoms with E-state index in [1.165, 1.54) is 5.56 Å². The van der Waals surface area contributed by atoms with E-state index in [9.17, 15) is 0 Å². The molecule has 4 aromatic carbocycles. The minimum atomic E-state index is -0.880. The monoisotopic (exact) mass is 562 g/mol. The maximum Gasteiger partial charge on any atom is 0.194 e. The lowest BCUT2D eigenvalue weighted by Crippen LogP contribution is -2.38. The van der Waals surface area contributed by atoms with Gasteiger partial charge in [0.05, 0.1) is 7.11 Å². The predicted octanol–water partition coefficient (Wildman–Crippen LogP) is 8.81. The van der Waals surface area contributed by atoms with Crippen molar-refractivity contribution in [3.63, 3.8) is 0 Å². The fraction of sp³-hybridized carbons (Fsp3) is 0.172. The van der Waals surface area contributed by atoms with Crippen LogP contribution in [0.15, 0.2) is 87.8 Å². The van der Waals surface area contributed by atoms with Gasteiger partial charge in [-0.05, 0) is 41.1 Å².